The summed E-state index contributed by atoms with van der Waals surface area (Å²) < 4.78 is 0. The number of piperidine rings is 1. The van der Waals surface area contributed by atoms with Crippen LogP contribution in [0, 0.1) is 5.92 Å². The van der Waals surface area contributed by atoms with Gasteiger partial charge in [-0.2, -0.15) is 0 Å². The fourth-order valence-electron chi connectivity index (χ4n) is 4.05. The third-order valence-corrected chi connectivity index (χ3v) is 7.12. The predicted molar refractivity (Wildman–Crippen MR) is 126 cm³/mol. The highest BCUT2D eigenvalue weighted by atomic mass is 32.2. The molecule has 2 aromatic rings. The van der Waals surface area contributed by atoms with Crippen molar-refractivity contribution in [3.8, 4) is 0 Å². The molecule has 0 saturated carbocycles. The Kier molecular flexibility index (Phi) is 7.10. The number of amides is 2. The van der Waals surface area contributed by atoms with Crippen molar-refractivity contribution in [3.63, 3.8) is 0 Å². The van der Waals surface area contributed by atoms with Crippen molar-refractivity contribution in [2.24, 2.45) is 5.92 Å². The van der Waals surface area contributed by atoms with Crippen LogP contribution in [0.5, 0.6) is 0 Å². The molecule has 2 aliphatic rings. The van der Waals surface area contributed by atoms with Crippen LogP contribution in [0.2, 0.25) is 0 Å². The zero-order valence-electron chi connectivity index (χ0n) is 17.9. The van der Waals surface area contributed by atoms with E-state index in [-0.39, 0.29) is 11.8 Å². The molecular weight excluding hydrogens is 406 g/mol. The van der Waals surface area contributed by atoms with Gasteiger partial charge in [0.15, 0.2) is 0 Å². The van der Waals surface area contributed by atoms with Gasteiger partial charge in [-0.3, -0.25) is 9.59 Å². The van der Waals surface area contributed by atoms with E-state index in [0.717, 1.165) is 35.0 Å². The summed E-state index contributed by atoms with van der Waals surface area (Å²) >= 11 is 1.46. The Morgan fingerprint density at radius 2 is 1.90 bits per heavy atom. The Balaban J connectivity index is 1.27. The molecule has 3 N–H and O–H groups in total. The second kappa shape index (κ2) is 10.2. The van der Waals surface area contributed by atoms with Gasteiger partial charge >= 0.3 is 0 Å². The first-order valence-corrected chi connectivity index (χ1v) is 11.9. The molecule has 2 aliphatic heterocycles. The second-order valence-corrected chi connectivity index (χ2v) is 9.56. The second-order valence-electron chi connectivity index (χ2n) is 8.47. The molecule has 5 nitrogen and oxygen atoms in total. The van der Waals surface area contributed by atoms with Crippen molar-refractivity contribution in [3.05, 3.63) is 64.6 Å². The van der Waals surface area contributed by atoms with Crippen LogP contribution in [0.15, 0.2) is 58.3 Å². The first-order chi connectivity index (χ1) is 15.1. The Morgan fingerprint density at radius 1 is 1.16 bits per heavy atom. The lowest BCUT2D eigenvalue weighted by atomic mass is 9.99. The smallest absolute Gasteiger partial charge is 0.262 e. The van der Waals surface area contributed by atoms with E-state index in [4.69, 9.17) is 0 Å². The van der Waals surface area contributed by atoms with Gasteiger partial charge in [-0.1, -0.05) is 43.0 Å². The molecule has 0 bridgehead atoms. The molecule has 4 rings (SSSR count). The van der Waals surface area contributed by atoms with E-state index >= 15 is 0 Å². The van der Waals surface area contributed by atoms with Crippen LogP contribution < -0.4 is 15.5 Å². The summed E-state index contributed by atoms with van der Waals surface area (Å²) in [7, 11) is 0. The van der Waals surface area contributed by atoms with Gasteiger partial charge < -0.3 is 15.5 Å². The van der Waals surface area contributed by atoms with Gasteiger partial charge in [0.05, 0.1) is 30.2 Å². The topological polar surface area (TPSA) is 62.6 Å². The molecule has 0 aliphatic carbocycles. The first kappa shape index (κ1) is 21.7. The minimum Gasteiger partial charge on any atom is -0.352 e. The van der Waals surface area contributed by atoms with E-state index in [0.29, 0.717) is 17.0 Å². The number of nitrogens with one attached hydrogen (secondary N) is 3. The molecule has 0 aromatic heterocycles. The van der Waals surface area contributed by atoms with Gasteiger partial charge in [0.2, 0.25) is 0 Å². The molecule has 31 heavy (non-hydrogen) atoms. The maximum Gasteiger partial charge on any atom is 0.262 e. The van der Waals surface area contributed by atoms with Gasteiger partial charge in [-0.15, -0.1) is 0 Å². The fraction of sp³-hybridized carbons (Fsp3) is 0.360. The SMILES string of the molecule is CC1CC[NH+](CCCNC(=O)c2ccc(C=C3Sc4ccccc4NC3=O)cc2)CC1. The van der Waals surface area contributed by atoms with Gasteiger partial charge in [0.1, 0.15) is 0 Å². The van der Waals surface area contributed by atoms with Crippen LogP contribution in [-0.4, -0.2) is 38.0 Å². The number of thioether (sulfide) groups is 1. The number of para-hydroxylation sites is 1. The molecule has 1 saturated heterocycles. The molecule has 0 radical (unpaired) electrons. The average Bonchev–Trinajstić information content (AvgIpc) is 2.79. The lowest BCUT2D eigenvalue weighted by Crippen LogP contribution is -3.13. The summed E-state index contributed by atoms with van der Waals surface area (Å²) in [6.07, 6.45) is 5.50. The van der Waals surface area contributed by atoms with Crippen LogP contribution in [0.25, 0.3) is 6.08 Å². The normalized spacial score (nSPS) is 22.0. The van der Waals surface area contributed by atoms with Crippen molar-refractivity contribution in [1.29, 1.82) is 0 Å². The molecule has 2 aromatic carbocycles. The van der Waals surface area contributed by atoms with Gasteiger partial charge in [0, 0.05) is 23.4 Å². The van der Waals surface area contributed by atoms with Crippen molar-refractivity contribution in [1.82, 2.24) is 5.32 Å². The number of likely N-dealkylation sites (tertiary alicyclic amines) is 1. The quantitative estimate of drug-likeness (QED) is 0.481. The molecule has 1 fully saturated rings. The van der Waals surface area contributed by atoms with E-state index in [2.05, 4.69) is 17.6 Å². The van der Waals surface area contributed by atoms with Crippen molar-refractivity contribution >= 4 is 35.3 Å². The van der Waals surface area contributed by atoms with Crippen LogP contribution in [0.4, 0.5) is 5.69 Å². The summed E-state index contributed by atoms with van der Waals surface area (Å²) in [5.74, 6) is 0.722. The van der Waals surface area contributed by atoms with Crippen LogP contribution in [-0.2, 0) is 4.79 Å². The molecule has 2 heterocycles. The van der Waals surface area contributed by atoms with E-state index in [1.807, 2.05) is 54.6 Å². The third kappa shape index (κ3) is 5.77. The maximum absolute atomic E-state index is 12.4. The zero-order valence-corrected chi connectivity index (χ0v) is 18.8. The van der Waals surface area contributed by atoms with Gasteiger partial charge in [0.25, 0.3) is 11.8 Å². The van der Waals surface area contributed by atoms with Crippen LogP contribution >= 0.6 is 11.8 Å². The van der Waals surface area contributed by atoms with Crippen LogP contribution in [0.1, 0.15) is 42.1 Å². The summed E-state index contributed by atoms with van der Waals surface area (Å²) in [4.78, 5) is 28.1. The zero-order chi connectivity index (χ0) is 21.6. The minimum atomic E-state index is -0.101. The number of benzene rings is 2. The number of fused-ring (bicyclic) bond motifs is 1. The third-order valence-electron chi connectivity index (χ3n) is 6.02. The van der Waals surface area contributed by atoms with Crippen molar-refractivity contribution in [2.75, 3.05) is 31.5 Å². The first-order valence-electron chi connectivity index (χ1n) is 11.1. The van der Waals surface area contributed by atoms with Crippen molar-refractivity contribution in [2.45, 2.75) is 31.1 Å². The number of anilines is 1. The highest BCUT2D eigenvalue weighted by Gasteiger charge is 2.20. The lowest BCUT2D eigenvalue weighted by molar-refractivity contribution is -0.906. The highest BCUT2D eigenvalue weighted by molar-refractivity contribution is 8.04. The van der Waals surface area contributed by atoms with Gasteiger partial charge in [-0.25, -0.2) is 0 Å². The number of rotatable bonds is 6. The summed E-state index contributed by atoms with van der Waals surface area (Å²) in [5.41, 5.74) is 2.39. The maximum atomic E-state index is 12.4. The monoisotopic (exact) mass is 436 g/mol. The summed E-state index contributed by atoms with van der Waals surface area (Å²) in [6.45, 7) is 6.69. The molecule has 162 valence electrons. The van der Waals surface area contributed by atoms with E-state index in [1.54, 1.807) is 4.90 Å². The number of quaternary nitrogens is 1. The van der Waals surface area contributed by atoms with E-state index < -0.39 is 0 Å². The van der Waals surface area contributed by atoms with E-state index in [9.17, 15) is 9.59 Å². The van der Waals surface area contributed by atoms with Crippen molar-refractivity contribution < 1.29 is 14.5 Å². The number of carbonyl (C=O) groups is 2. The predicted octanol–water partition coefficient (Wildman–Crippen LogP) is 3.21. The Morgan fingerprint density at radius 3 is 2.68 bits per heavy atom. The number of hydrogen-bond acceptors (Lipinski definition) is 3. The molecule has 0 spiro atoms. The molecule has 6 heteroatoms. The Hall–Kier alpha value is -2.57. The standard InChI is InChI=1S/C25H29N3O2S/c1-18-11-15-28(16-12-18)14-4-13-26-24(29)20-9-7-19(8-10-20)17-23-25(30)27-21-5-2-3-6-22(21)31-23/h2-3,5-10,17-18H,4,11-16H2,1H3,(H,26,29)(H,27,30)/p+1. The summed E-state index contributed by atoms with van der Waals surface area (Å²) in [5, 5.41) is 5.95. The highest BCUT2D eigenvalue weighted by Crippen LogP contribution is 2.38. The Labute approximate surface area is 188 Å². The number of carbonyl (C=O) groups excluding carboxylic acids is 2. The molecule has 2 amide bonds. The molecule has 0 atom stereocenters. The molecular formula is C25H30N3O2S+. The minimum absolute atomic E-state index is 0.0415. The average molecular weight is 437 g/mol. The molecule has 0 unspecified atom stereocenters. The summed E-state index contributed by atoms with van der Waals surface area (Å²) in [6, 6.07) is 15.2. The lowest BCUT2D eigenvalue weighted by Gasteiger charge is -2.27. The van der Waals surface area contributed by atoms with Crippen LogP contribution in [0.3, 0.4) is 0 Å². The van der Waals surface area contributed by atoms with Gasteiger partial charge in [-0.05, 0) is 54.7 Å². The number of hydrogen-bond donors (Lipinski definition) is 3. The van der Waals surface area contributed by atoms with E-state index in [1.165, 1.54) is 37.7 Å². The Bertz CT molecular complexity index is 963. The largest absolute Gasteiger partial charge is 0.352 e. The fourth-order valence-corrected chi connectivity index (χ4v) is 5.00.